The summed E-state index contributed by atoms with van der Waals surface area (Å²) in [5.41, 5.74) is 8.13. The first kappa shape index (κ1) is 14.8. The number of nitrogen functional groups attached to an aromatic ring is 1. The average molecular weight is 356 g/mol. The molecule has 0 unspecified atom stereocenters. The smallest absolute Gasteiger partial charge is 0.240 e. The third-order valence-corrected chi connectivity index (χ3v) is 4.04. The maximum absolute atomic E-state index is 11.6. The second-order valence-corrected chi connectivity index (χ2v) is 6.89. The van der Waals surface area contributed by atoms with Gasteiger partial charge >= 0.3 is 0 Å². The molecule has 0 aliphatic heterocycles. The number of rotatable bonds is 3. The molecular formula is C13H14BrN3O2S. The number of benzene rings is 2. The zero-order valence-electron chi connectivity index (χ0n) is 10.7. The summed E-state index contributed by atoms with van der Waals surface area (Å²) in [5.74, 6) is 0. The van der Waals surface area contributed by atoms with Crippen LogP contribution in [0.1, 0.15) is 5.56 Å². The summed E-state index contributed by atoms with van der Waals surface area (Å²) in [4.78, 5) is -0.0323. The van der Waals surface area contributed by atoms with E-state index in [1.54, 1.807) is 12.1 Å². The Labute approximate surface area is 126 Å². The first-order valence-electron chi connectivity index (χ1n) is 5.72. The first-order chi connectivity index (χ1) is 9.25. The molecule has 0 aliphatic rings. The van der Waals surface area contributed by atoms with Gasteiger partial charge in [-0.3, -0.25) is 0 Å². The van der Waals surface area contributed by atoms with E-state index in [4.69, 9.17) is 10.9 Å². The summed E-state index contributed by atoms with van der Waals surface area (Å²) in [6.45, 7) is 1.94. The van der Waals surface area contributed by atoms with Crippen molar-refractivity contribution in [2.75, 3.05) is 11.1 Å². The minimum atomic E-state index is -3.85. The highest BCUT2D eigenvalue weighted by atomic mass is 79.9. The Balaban J connectivity index is 2.48. The molecular weight excluding hydrogens is 342 g/mol. The number of hydrogen-bond acceptors (Lipinski definition) is 4. The Kier molecular flexibility index (Phi) is 4.03. The van der Waals surface area contributed by atoms with Gasteiger partial charge < -0.3 is 11.1 Å². The molecule has 0 aromatic heterocycles. The van der Waals surface area contributed by atoms with Crippen LogP contribution < -0.4 is 16.2 Å². The van der Waals surface area contributed by atoms with Gasteiger partial charge in [-0.25, -0.2) is 13.6 Å². The fraction of sp³-hybridized carbons (Fsp3) is 0.0769. The van der Waals surface area contributed by atoms with Crippen molar-refractivity contribution in [3.8, 4) is 0 Å². The Hall–Kier alpha value is -1.57. The van der Waals surface area contributed by atoms with Crippen molar-refractivity contribution in [1.82, 2.24) is 0 Å². The van der Waals surface area contributed by atoms with E-state index in [-0.39, 0.29) is 4.90 Å². The molecule has 2 aromatic rings. The predicted octanol–water partition coefficient (Wildman–Crippen LogP) is 2.73. The van der Waals surface area contributed by atoms with E-state index in [1.165, 1.54) is 6.07 Å². The van der Waals surface area contributed by atoms with Gasteiger partial charge in [0.05, 0.1) is 5.69 Å². The maximum atomic E-state index is 11.6. The first-order valence-corrected chi connectivity index (χ1v) is 8.06. The van der Waals surface area contributed by atoms with Crippen molar-refractivity contribution in [2.24, 2.45) is 5.14 Å². The predicted molar refractivity (Wildman–Crippen MR) is 84.4 cm³/mol. The van der Waals surface area contributed by atoms with Crippen LogP contribution in [0.4, 0.5) is 17.1 Å². The molecule has 7 heteroatoms. The molecule has 0 bridgehead atoms. The van der Waals surface area contributed by atoms with Crippen molar-refractivity contribution in [2.45, 2.75) is 11.8 Å². The van der Waals surface area contributed by atoms with Gasteiger partial charge in [0.1, 0.15) is 4.90 Å². The number of nitrogens with one attached hydrogen (secondary N) is 1. The van der Waals surface area contributed by atoms with E-state index >= 15 is 0 Å². The fourth-order valence-corrected chi connectivity index (χ4v) is 3.18. The van der Waals surface area contributed by atoms with Gasteiger partial charge in [0.25, 0.3) is 0 Å². The van der Waals surface area contributed by atoms with Gasteiger partial charge in [0.2, 0.25) is 10.0 Å². The number of hydrogen-bond donors (Lipinski definition) is 3. The lowest BCUT2D eigenvalue weighted by molar-refractivity contribution is 0.598. The molecule has 0 aliphatic carbocycles. The fourth-order valence-electron chi connectivity index (χ4n) is 1.84. The van der Waals surface area contributed by atoms with Gasteiger partial charge in [-0.1, -0.05) is 15.9 Å². The van der Waals surface area contributed by atoms with Crippen LogP contribution in [0.3, 0.4) is 0 Å². The summed E-state index contributed by atoms with van der Waals surface area (Å²) >= 11 is 3.39. The summed E-state index contributed by atoms with van der Waals surface area (Å²) in [7, 11) is -3.85. The summed E-state index contributed by atoms with van der Waals surface area (Å²) in [6, 6.07) is 10.2. The Bertz CT molecular complexity index is 740. The van der Waals surface area contributed by atoms with E-state index in [1.807, 2.05) is 25.1 Å². The molecule has 2 aromatic carbocycles. The van der Waals surface area contributed by atoms with Crippen LogP contribution in [0.5, 0.6) is 0 Å². The third-order valence-electron chi connectivity index (χ3n) is 2.63. The molecule has 0 amide bonds. The second kappa shape index (κ2) is 5.43. The van der Waals surface area contributed by atoms with Crippen LogP contribution in [0.2, 0.25) is 0 Å². The molecule has 5 N–H and O–H groups in total. The van der Waals surface area contributed by atoms with E-state index in [2.05, 4.69) is 21.2 Å². The third kappa shape index (κ3) is 3.50. The van der Waals surface area contributed by atoms with Gasteiger partial charge in [-0.15, -0.1) is 0 Å². The summed E-state index contributed by atoms with van der Waals surface area (Å²) < 4.78 is 24.1. The minimum Gasteiger partial charge on any atom is -0.399 e. The lowest BCUT2D eigenvalue weighted by atomic mass is 10.2. The number of aryl methyl sites for hydroxylation is 1. The van der Waals surface area contributed by atoms with Crippen molar-refractivity contribution < 1.29 is 8.42 Å². The van der Waals surface area contributed by atoms with E-state index in [0.29, 0.717) is 11.4 Å². The average Bonchev–Trinajstić information content (AvgIpc) is 2.28. The topological polar surface area (TPSA) is 98.2 Å². The Morgan fingerprint density at radius 1 is 1.15 bits per heavy atom. The van der Waals surface area contributed by atoms with Gasteiger partial charge in [-0.05, 0) is 48.9 Å². The van der Waals surface area contributed by atoms with Crippen molar-refractivity contribution >= 4 is 43.0 Å². The number of anilines is 3. The quantitative estimate of drug-likeness (QED) is 0.737. The second-order valence-electron chi connectivity index (χ2n) is 4.44. The van der Waals surface area contributed by atoms with Crippen LogP contribution in [0, 0.1) is 6.92 Å². The number of nitrogens with two attached hydrogens (primary N) is 2. The molecule has 20 heavy (non-hydrogen) atoms. The number of primary sulfonamides is 1. The molecule has 0 saturated carbocycles. The highest BCUT2D eigenvalue weighted by molar-refractivity contribution is 9.10. The van der Waals surface area contributed by atoms with E-state index in [0.717, 1.165) is 15.7 Å². The van der Waals surface area contributed by atoms with Crippen LogP contribution in [0.15, 0.2) is 45.8 Å². The standard InChI is InChI=1S/C13H14BrN3O2S/c1-8-4-9(14)6-11(5-8)17-12-3-2-10(15)7-13(12)20(16,18)19/h2-7,17H,15H2,1H3,(H2,16,18,19). The van der Waals surface area contributed by atoms with Crippen molar-refractivity contribution in [3.63, 3.8) is 0 Å². The van der Waals surface area contributed by atoms with Crippen LogP contribution in [-0.4, -0.2) is 8.42 Å². The lowest BCUT2D eigenvalue weighted by Crippen LogP contribution is -2.14. The Morgan fingerprint density at radius 2 is 1.85 bits per heavy atom. The molecule has 0 spiro atoms. The van der Waals surface area contributed by atoms with Crippen LogP contribution in [0.25, 0.3) is 0 Å². The van der Waals surface area contributed by atoms with Crippen molar-refractivity contribution in [3.05, 3.63) is 46.4 Å². The zero-order valence-corrected chi connectivity index (χ0v) is 13.1. The highest BCUT2D eigenvalue weighted by Gasteiger charge is 2.14. The zero-order chi connectivity index (χ0) is 14.9. The molecule has 5 nitrogen and oxygen atoms in total. The van der Waals surface area contributed by atoms with Gasteiger partial charge in [-0.2, -0.15) is 0 Å². The Morgan fingerprint density at radius 3 is 2.45 bits per heavy atom. The largest absolute Gasteiger partial charge is 0.399 e. The molecule has 2 rings (SSSR count). The normalized spacial score (nSPS) is 11.3. The van der Waals surface area contributed by atoms with E-state index in [9.17, 15) is 8.42 Å². The van der Waals surface area contributed by atoms with Gasteiger partial charge in [0, 0.05) is 15.8 Å². The molecule has 106 valence electrons. The maximum Gasteiger partial charge on any atom is 0.240 e. The summed E-state index contributed by atoms with van der Waals surface area (Å²) in [6.07, 6.45) is 0. The van der Waals surface area contributed by atoms with Gasteiger partial charge in [0.15, 0.2) is 0 Å². The highest BCUT2D eigenvalue weighted by Crippen LogP contribution is 2.28. The van der Waals surface area contributed by atoms with Crippen LogP contribution in [-0.2, 0) is 10.0 Å². The molecule has 0 saturated heterocycles. The molecule has 0 radical (unpaired) electrons. The van der Waals surface area contributed by atoms with Crippen LogP contribution >= 0.6 is 15.9 Å². The monoisotopic (exact) mass is 355 g/mol. The minimum absolute atomic E-state index is 0.0323. The SMILES string of the molecule is Cc1cc(Br)cc(Nc2ccc(N)cc2S(N)(=O)=O)c1. The molecule has 0 atom stereocenters. The lowest BCUT2D eigenvalue weighted by Gasteiger charge is -2.12. The summed E-state index contributed by atoms with van der Waals surface area (Å²) in [5, 5.41) is 8.25. The number of halogens is 1. The number of sulfonamides is 1. The molecule has 0 heterocycles. The molecule has 0 fully saturated rings. The van der Waals surface area contributed by atoms with E-state index < -0.39 is 10.0 Å². The van der Waals surface area contributed by atoms with Crippen molar-refractivity contribution in [1.29, 1.82) is 0 Å².